The van der Waals surface area contributed by atoms with Crippen LogP contribution in [0, 0.1) is 0 Å². The van der Waals surface area contributed by atoms with Gasteiger partial charge in [-0.2, -0.15) is 0 Å². The molecule has 0 aliphatic heterocycles. The van der Waals surface area contributed by atoms with Gasteiger partial charge >= 0.3 is 12.1 Å². The number of unbranched alkanes of at least 4 members (excludes halogenated alkanes) is 1. The minimum atomic E-state index is -1.05. The minimum absolute atomic E-state index is 0.221. The number of carboxylic acids is 1. The molecule has 0 aliphatic rings. The van der Waals surface area contributed by atoms with E-state index in [0.29, 0.717) is 6.61 Å². The molecule has 0 radical (unpaired) electrons. The lowest BCUT2D eigenvalue weighted by molar-refractivity contribution is -0.142. The van der Waals surface area contributed by atoms with Crippen LogP contribution in [0.3, 0.4) is 0 Å². The van der Waals surface area contributed by atoms with Crippen molar-refractivity contribution in [3.8, 4) is 0 Å². The minimum Gasteiger partial charge on any atom is -0.480 e. The first kappa shape index (κ1) is 16.0. The molecule has 0 bridgehead atoms. The number of ether oxygens (including phenoxy) is 1. The largest absolute Gasteiger partial charge is 0.480 e. The summed E-state index contributed by atoms with van der Waals surface area (Å²) in [6.45, 7) is 4.01. The summed E-state index contributed by atoms with van der Waals surface area (Å²) in [5.74, 6) is -1.05. The Bertz CT molecular complexity index is 433. The molecule has 0 heterocycles. The first-order valence-electron chi connectivity index (χ1n) is 6.76. The van der Waals surface area contributed by atoms with Crippen molar-refractivity contribution in [2.24, 2.45) is 0 Å². The number of amides is 1. The van der Waals surface area contributed by atoms with Crippen LogP contribution in [0.5, 0.6) is 0 Å². The molecular formula is C15H21NO4. The molecule has 5 heteroatoms. The highest BCUT2D eigenvalue weighted by atomic mass is 16.6. The Hall–Kier alpha value is -2.04. The van der Waals surface area contributed by atoms with Gasteiger partial charge in [0.15, 0.2) is 0 Å². The van der Waals surface area contributed by atoms with Gasteiger partial charge in [-0.15, -0.1) is 0 Å². The molecule has 110 valence electrons. The number of rotatable bonds is 7. The lowest BCUT2D eigenvalue weighted by Gasteiger charge is -2.25. The van der Waals surface area contributed by atoms with Crippen LogP contribution in [0.25, 0.3) is 0 Å². The van der Waals surface area contributed by atoms with Crippen molar-refractivity contribution in [1.82, 2.24) is 4.90 Å². The molecule has 1 N–H and O–H groups in total. The van der Waals surface area contributed by atoms with Crippen LogP contribution in [0.4, 0.5) is 4.79 Å². The Labute approximate surface area is 119 Å². The fraction of sp³-hybridized carbons (Fsp3) is 0.467. The number of aliphatic carboxylic acids is 1. The maximum absolute atomic E-state index is 12.0. The van der Waals surface area contributed by atoms with E-state index in [1.54, 1.807) is 0 Å². The van der Waals surface area contributed by atoms with E-state index >= 15 is 0 Å². The molecule has 1 aromatic rings. The van der Waals surface area contributed by atoms with Crippen LogP contribution in [0.2, 0.25) is 0 Å². The maximum Gasteiger partial charge on any atom is 0.410 e. The quantitative estimate of drug-likeness (QED) is 0.779. The summed E-state index contributed by atoms with van der Waals surface area (Å²) in [5.41, 5.74) is 0.869. The van der Waals surface area contributed by atoms with E-state index in [9.17, 15) is 9.59 Å². The number of benzene rings is 1. The molecule has 1 amide bonds. The summed E-state index contributed by atoms with van der Waals surface area (Å²) in [6, 6.07) is 8.34. The van der Waals surface area contributed by atoms with Crippen molar-refractivity contribution in [2.75, 3.05) is 6.61 Å². The van der Waals surface area contributed by atoms with Crippen molar-refractivity contribution in [3.05, 3.63) is 35.9 Å². The topological polar surface area (TPSA) is 66.8 Å². The zero-order chi connectivity index (χ0) is 15.0. The summed E-state index contributed by atoms with van der Waals surface area (Å²) in [4.78, 5) is 24.4. The summed E-state index contributed by atoms with van der Waals surface area (Å²) in [5, 5.41) is 9.10. The van der Waals surface area contributed by atoms with Gasteiger partial charge in [0.05, 0.1) is 6.61 Å². The Morgan fingerprint density at radius 1 is 1.30 bits per heavy atom. The van der Waals surface area contributed by atoms with Crippen LogP contribution in [-0.4, -0.2) is 34.7 Å². The summed E-state index contributed by atoms with van der Waals surface area (Å²) in [7, 11) is 0. The number of carboxylic acid groups (broad SMARTS) is 1. The second-order valence-electron chi connectivity index (χ2n) is 4.60. The maximum atomic E-state index is 12.0. The van der Waals surface area contributed by atoms with E-state index in [-0.39, 0.29) is 6.54 Å². The number of nitrogens with zero attached hydrogens (tertiary/aromatic N) is 1. The molecule has 0 saturated carbocycles. The molecule has 1 unspecified atom stereocenters. The Balaban J connectivity index is 2.74. The number of carbonyl (C=O) groups is 2. The van der Waals surface area contributed by atoms with Crippen LogP contribution in [-0.2, 0) is 16.1 Å². The number of carbonyl (C=O) groups excluding carboxylic acids is 1. The average Bonchev–Trinajstić information content (AvgIpc) is 2.45. The molecular weight excluding hydrogens is 258 g/mol. The first-order valence-corrected chi connectivity index (χ1v) is 6.76. The molecule has 1 rings (SSSR count). The van der Waals surface area contributed by atoms with E-state index in [1.165, 1.54) is 11.8 Å². The van der Waals surface area contributed by atoms with Crippen molar-refractivity contribution in [3.63, 3.8) is 0 Å². The van der Waals surface area contributed by atoms with Gasteiger partial charge in [0.1, 0.15) is 6.04 Å². The molecule has 0 fully saturated rings. The molecule has 1 aromatic carbocycles. The highest BCUT2D eigenvalue weighted by Gasteiger charge is 2.26. The highest BCUT2D eigenvalue weighted by molar-refractivity contribution is 5.79. The van der Waals surface area contributed by atoms with Crippen molar-refractivity contribution >= 4 is 12.1 Å². The Morgan fingerprint density at radius 2 is 1.95 bits per heavy atom. The summed E-state index contributed by atoms with van der Waals surface area (Å²) >= 11 is 0. The number of hydrogen-bond acceptors (Lipinski definition) is 3. The van der Waals surface area contributed by atoms with E-state index in [0.717, 1.165) is 18.4 Å². The van der Waals surface area contributed by atoms with Gasteiger partial charge in [-0.25, -0.2) is 9.59 Å². The second-order valence-corrected chi connectivity index (χ2v) is 4.60. The van der Waals surface area contributed by atoms with E-state index in [1.807, 2.05) is 37.3 Å². The van der Waals surface area contributed by atoms with Gasteiger partial charge in [0.2, 0.25) is 0 Å². The van der Waals surface area contributed by atoms with Crippen LogP contribution < -0.4 is 0 Å². The molecule has 1 atom stereocenters. The van der Waals surface area contributed by atoms with Gasteiger partial charge in [-0.05, 0) is 18.9 Å². The lowest BCUT2D eigenvalue weighted by atomic mass is 10.2. The zero-order valence-electron chi connectivity index (χ0n) is 11.9. The van der Waals surface area contributed by atoms with Gasteiger partial charge < -0.3 is 9.84 Å². The molecule has 0 aromatic heterocycles. The molecule has 0 saturated heterocycles. The lowest BCUT2D eigenvalue weighted by Crippen LogP contribution is -2.43. The molecule has 0 aliphatic carbocycles. The fourth-order valence-corrected chi connectivity index (χ4v) is 1.66. The summed E-state index contributed by atoms with van der Waals surface area (Å²) in [6.07, 6.45) is 1.10. The van der Waals surface area contributed by atoms with Gasteiger partial charge in [-0.3, -0.25) is 4.90 Å². The highest BCUT2D eigenvalue weighted by Crippen LogP contribution is 2.11. The zero-order valence-corrected chi connectivity index (χ0v) is 11.9. The van der Waals surface area contributed by atoms with Crippen LogP contribution >= 0.6 is 0 Å². The van der Waals surface area contributed by atoms with E-state index in [2.05, 4.69) is 0 Å². The van der Waals surface area contributed by atoms with Gasteiger partial charge in [0, 0.05) is 6.54 Å². The third kappa shape index (κ3) is 4.91. The van der Waals surface area contributed by atoms with E-state index < -0.39 is 18.1 Å². The molecule has 5 nitrogen and oxygen atoms in total. The SMILES string of the molecule is CCCCOC(=O)N(Cc1ccccc1)C(C)C(=O)O. The Kier molecular flexibility index (Phi) is 6.56. The number of hydrogen-bond donors (Lipinski definition) is 1. The van der Waals surface area contributed by atoms with Crippen molar-refractivity contribution in [2.45, 2.75) is 39.3 Å². The fourth-order valence-electron chi connectivity index (χ4n) is 1.66. The van der Waals surface area contributed by atoms with Gasteiger partial charge in [-0.1, -0.05) is 43.7 Å². The first-order chi connectivity index (χ1) is 9.56. The van der Waals surface area contributed by atoms with E-state index in [4.69, 9.17) is 9.84 Å². The van der Waals surface area contributed by atoms with Crippen LogP contribution in [0.15, 0.2) is 30.3 Å². The van der Waals surface area contributed by atoms with Gasteiger partial charge in [0.25, 0.3) is 0 Å². The van der Waals surface area contributed by atoms with Crippen molar-refractivity contribution in [1.29, 1.82) is 0 Å². The third-order valence-electron chi connectivity index (χ3n) is 2.98. The monoisotopic (exact) mass is 279 g/mol. The molecule has 20 heavy (non-hydrogen) atoms. The Morgan fingerprint density at radius 3 is 2.50 bits per heavy atom. The predicted molar refractivity (Wildman–Crippen MR) is 75.3 cm³/mol. The second kappa shape index (κ2) is 8.19. The molecule has 0 spiro atoms. The standard InChI is InChI=1S/C15H21NO4/c1-3-4-10-20-15(19)16(12(2)14(17)18)11-13-8-6-5-7-9-13/h5-9,12H,3-4,10-11H2,1-2H3,(H,17,18). The normalized spacial score (nSPS) is 11.7. The van der Waals surface area contributed by atoms with Crippen molar-refractivity contribution < 1.29 is 19.4 Å². The summed E-state index contributed by atoms with van der Waals surface area (Å²) < 4.78 is 5.11. The average molecular weight is 279 g/mol. The smallest absolute Gasteiger partial charge is 0.410 e. The van der Waals surface area contributed by atoms with Crippen LogP contribution in [0.1, 0.15) is 32.3 Å². The third-order valence-corrected chi connectivity index (χ3v) is 2.98. The predicted octanol–water partition coefficient (Wildman–Crippen LogP) is 2.90.